The van der Waals surface area contributed by atoms with Gasteiger partial charge in [0.25, 0.3) is 5.91 Å². The maximum Gasteiger partial charge on any atom is 0.260 e. The molecule has 0 bridgehead atoms. The Hall–Kier alpha value is -3.48. The maximum atomic E-state index is 12.7. The molecule has 2 aromatic rings. The monoisotopic (exact) mass is 419 g/mol. The lowest BCUT2D eigenvalue weighted by molar-refractivity contribution is -0.133. The molecule has 0 aliphatic carbocycles. The number of carbonyl (C=O) groups is 4. The molecular weight excluding hydrogens is 394 g/mol. The number of rotatable bonds is 5. The predicted molar refractivity (Wildman–Crippen MR) is 116 cm³/mol. The molecule has 0 N–H and O–H groups in total. The zero-order chi connectivity index (χ0) is 22.0. The van der Waals surface area contributed by atoms with Crippen LogP contribution in [0.5, 0.6) is 0 Å². The highest BCUT2D eigenvalue weighted by atomic mass is 16.2. The van der Waals surface area contributed by atoms with E-state index in [0.717, 1.165) is 11.3 Å². The van der Waals surface area contributed by atoms with Crippen LogP contribution in [0.4, 0.5) is 5.69 Å². The largest absolute Gasteiger partial charge is 0.368 e. The highest BCUT2D eigenvalue weighted by molar-refractivity contribution is 6.09. The lowest BCUT2D eigenvalue weighted by Gasteiger charge is -2.36. The standard InChI is InChI=1S/C24H25N3O4/c1-17(28)18-6-8-20(9-7-18)25-12-14-26(15-13-25)22(29)10-11-27-23(30)16-19-4-2-3-5-21(19)24(27)31/h2-9H,10-16H2,1H3. The minimum absolute atomic E-state index is 0.0381. The summed E-state index contributed by atoms with van der Waals surface area (Å²) in [5, 5.41) is 0. The number of fused-ring (bicyclic) bond motifs is 1. The van der Waals surface area contributed by atoms with Crippen LogP contribution in [0.3, 0.4) is 0 Å². The molecule has 7 nitrogen and oxygen atoms in total. The summed E-state index contributed by atoms with van der Waals surface area (Å²) in [7, 11) is 0. The summed E-state index contributed by atoms with van der Waals surface area (Å²) >= 11 is 0. The van der Waals surface area contributed by atoms with E-state index in [4.69, 9.17) is 0 Å². The molecule has 0 saturated carbocycles. The van der Waals surface area contributed by atoms with Gasteiger partial charge >= 0.3 is 0 Å². The van der Waals surface area contributed by atoms with Crippen molar-refractivity contribution in [3.8, 4) is 0 Å². The van der Waals surface area contributed by atoms with E-state index in [1.807, 2.05) is 30.3 Å². The van der Waals surface area contributed by atoms with Crippen molar-refractivity contribution >= 4 is 29.2 Å². The van der Waals surface area contributed by atoms with Gasteiger partial charge in [0.2, 0.25) is 11.8 Å². The fourth-order valence-corrected chi connectivity index (χ4v) is 4.11. The second-order valence-corrected chi connectivity index (χ2v) is 7.91. The Kier molecular flexibility index (Phi) is 5.84. The molecule has 1 fully saturated rings. The summed E-state index contributed by atoms with van der Waals surface area (Å²) in [6.07, 6.45) is 0.324. The van der Waals surface area contributed by atoms with Crippen molar-refractivity contribution in [3.63, 3.8) is 0 Å². The zero-order valence-corrected chi connectivity index (χ0v) is 17.5. The molecule has 2 aliphatic rings. The quantitative estimate of drug-likeness (QED) is 0.548. The van der Waals surface area contributed by atoms with E-state index < -0.39 is 0 Å². The molecular formula is C24H25N3O4. The van der Waals surface area contributed by atoms with Gasteiger partial charge in [-0.05, 0) is 42.8 Å². The van der Waals surface area contributed by atoms with Crippen molar-refractivity contribution in [1.29, 1.82) is 0 Å². The highest BCUT2D eigenvalue weighted by Gasteiger charge is 2.31. The molecule has 4 rings (SSSR count). The van der Waals surface area contributed by atoms with Crippen molar-refractivity contribution in [2.75, 3.05) is 37.6 Å². The number of ketones is 1. The SMILES string of the molecule is CC(=O)c1ccc(N2CCN(C(=O)CCN3C(=O)Cc4ccccc4C3=O)CC2)cc1. The van der Waals surface area contributed by atoms with E-state index in [9.17, 15) is 19.2 Å². The normalized spacial score (nSPS) is 16.4. The van der Waals surface area contributed by atoms with Crippen molar-refractivity contribution in [2.24, 2.45) is 0 Å². The van der Waals surface area contributed by atoms with E-state index in [-0.39, 0.29) is 42.9 Å². The van der Waals surface area contributed by atoms with Gasteiger partial charge in [-0.1, -0.05) is 18.2 Å². The molecule has 0 aromatic heterocycles. The number of piperazine rings is 1. The summed E-state index contributed by atoms with van der Waals surface area (Å²) < 4.78 is 0. The molecule has 2 aromatic carbocycles. The predicted octanol–water partition coefficient (Wildman–Crippen LogP) is 2.15. The number of imide groups is 1. The summed E-state index contributed by atoms with van der Waals surface area (Å²) in [4.78, 5) is 54.3. The summed E-state index contributed by atoms with van der Waals surface area (Å²) in [6, 6.07) is 14.6. The van der Waals surface area contributed by atoms with E-state index in [0.29, 0.717) is 37.3 Å². The topological polar surface area (TPSA) is 78.0 Å². The van der Waals surface area contributed by atoms with Crippen LogP contribution in [0.15, 0.2) is 48.5 Å². The van der Waals surface area contributed by atoms with Crippen LogP contribution in [0.25, 0.3) is 0 Å². The molecule has 7 heteroatoms. The molecule has 2 aliphatic heterocycles. The fraction of sp³-hybridized carbons (Fsp3) is 0.333. The van der Waals surface area contributed by atoms with Gasteiger partial charge in [0.05, 0.1) is 6.42 Å². The second-order valence-electron chi connectivity index (χ2n) is 7.91. The van der Waals surface area contributed by atoms with Crippen molar-refractivity contribution in [3.05, 3.63) is 65.2 Å². The Morgan fingerprint density at radius 3 is 2.26 bits per heavy atom. The zero-order valence-electron chi connectivity index (χ0n) is 17.5. The van der Waals surface area contributed by atoms with Gasteiger partial charge in [-0.25, -0.2) is 0 Å². The molecule has 0 atom stereocenters. The number of anilines is 1. The molecule has 1 saturated heterocycles. The van der Waals surface area contributed by atoms with Gasteiger partial charge in [-0.3, -0.25) is 24.1 Å². The lowest BCUT2D eigenvalue weighted by Crippen LogP contribution is -2.50. The van der Waals surface area contributed by atoms with E-state index >= 15 is 0 Å². The average Bonchev–Trinajstić information content (AvgIpc) is 2.79. The van der Waals surface area contributed by atoms with E-state index in [1.54, 1.807) is 30.0 Å². The van der Waals surface area contributed by atoms with Crippen LogP contribution in [0.1, 0.15) is 39.6 Å². The van der Waals surface area contributed by atoms with Gasteiger partial charge in [-0.15, -0.1) is 0 Å². The number of carbonyl (C=O) groups excluding carboxylic acids is 4. The molecule has 31 heavy (non-hydrogen) atoms. The number of benzene rings is 2. The van der Waals surface area contributed by atoms with E-state index in [2.05, 4.69) is 4.90 Å². The Balaban J connectivity index is 1.30. The highest BCUT2D eigenvalue weighted by Crippen LogP contribution is 2.21. The molecule has 160 valence electrons. The van der Waals surface area contributed by atoms with Crippen LogP contribution < -0.4 is 4.90 Å². The first-order valence-electron chi connectivity index (χ1n) is 10.5. The third kappa shape index (κ3) is 4.35. The second kappa shape index (κ2) is 8.71. The molecule has 0 unspecified atom stereocenters. The van der Waals surface area contributed by atoms with Crippen molar-refractivity contribution in [1.82, 2.24) is 9.80 Å². The maximum absolute atomic E-state index is 12.7. The van der Waals surface area contributed by atoms with Crippen LogP contribution in [-0.2, 0) is 16.0 Å². The summed E-state index contributed by atoms with van der Waals surface area (Å²) in [5.41, 5.74) is 2.99. The Bertz CT molecular complexity index is 1020. The third-order valence-electron chi connectivity index (χ3n) is 5.96. The average molecular weight is 419 g/mol. The third-order valence-corrected chi connectivity index (χ3v) is 5.96. The molecule has 0 radical (unpaired) electrons. The van der Waals surface area contributed by atoms with Gasteiger partial charge in [0.15, 0.2) is 5.78 Å². The number of Topliss-reactive ketones (excluding diaryl/α,β-unsaturated/α-hetero) is 1. The van der Waals surface area contributed by atoms with Crippen LogP contribution in [0.2, 0.25) is 0 Å². The van der Waals surface area contributed by atoms with Crippen molar-refractivity contribution < 1.29 is 19.2 Å². The molecule has 3 amide bonds. The number of nitrogens with zero attached hydrogens (tertiary/aromatic N) is 3. The first-order valence-corrected chi connectivity index (χ1v) is 10.5. The molecule has 0 spiro atoms. The first-order chi connectivity index (χ1) is 14.9. The minimum atomic E-state index is -0.321. The van der Waals surface area contributed by atoms with Crippen LogP contribution in [0, 0.1) is 0 Å². The molecule has 2 heterocycles. The summed E-state index contributed by atoms with van der Waals surface area (Å²) in [6.45, 7) is 4.21. The number of hydrogen-bond donors (Lipinski definition) is 0. The smallest absolute Gasteiger partial charge is 0.260 e. The van der Waals surface area contributed by atoms with Gasteiger partial charge < -0.3 is 9.80 Å². The minimum Gasteiger partial charge on any atom is -0.368 e. The Morgan fingerprint density at radius 2 is 1.58 bits per heavy atom. The Labute approximate surface area is 181 Å². The number of hydrogen-bond acceptors (Lipinski definition) is 5. The first kappa shape index (κ1) is 20.8. The van der Waals surface area contributed by atoms with Gasteiger partial charge in [0, 0.05) is 56.0 Å². The van der Waals surface area contributed by atoms with Crippen LogP contribution in [-0.4, -0.2) is 66.0 Å². The van der Waals surface area contributed by atoms with Crippen molar-refractivity contribution in [2.45, 2.75) is 19.8 Å². The lowest BCUT2D eigenvalue weighted by atomic mass is 9.98. The van der Waals surface area contributed by atoms with Gasteiger partial charge in [-0.2, -0.15) is 0 Å². The van der Waals surface area contributed by atoms with E-state index in [1.165, 1.54) is 4.90 Å². The summed E-state index contributed by atoms with van der Waals surface area (Å²) in [5.74, 6) is -0.587. The fourth-order valence-electron chi connectivity index (χ4n) is 4.11. The number of amides is 3. The van der Waals surface area contributed by atoms with Gasteiger partial charge in [0.1, 0.15) is 0 Å². The Morgan fingerprint density at radius 1 is 0.903 bits per heavy atom. The van der Waals surface area contributed by atoms with Crippen LogP contribution >= 0.6 is 0 Å².